The van der Waals surface area contributed by atoms with Gasteiger partial charge in [0.2, 0.25) is 0 Å². The quantitative estimate of drug-likeness (QED) is 0.641. The molecule has 0 spiro atoms. The molecule has 0 fully saturated rings. The highest BCUT2D eigenvalue weighted by atomic mass is 35.5. The molecule has 0 unspecified atom stereocenters. The van der Waals surface area contributed by atoms with E-state index in [1.165, 1.54) is 0 Å². The minimum absolute atomic E-state index is 0.0868. The van der Waals surface area contributed by atoms with Gasteiger partial charge in [-0.2, -0.15) is 0 Å². The van der Waals surface area contributed by atoms with Gasteiger partial charge in [-0.25, -0.2) is 4.98 Å². The molecule has 3 rings (SSSR count). The number of imidazole rings is 1. The van der Waals surface area contributed by atoms with Gasteiger partial charge in [0.25, 0.3) is 5.91 Å². The number of aliphatic hydroxyl groups excluding tert-OH is 1. The van der Waals surface area contributed by atoms with Gasteiger partial charge in [-0.3, -0.25) is 4.79 Å². The van der Waals surface area contributed by atoms with E-state index in [4.69, 9.17) is 16.7 Å². The molecule has 2 aromatic heterocycles. The first-order valence-electron chi connectivity index (χ1n) is 7.53. The molecule has 1 amide bonds. The fourth-order valence-electron chi connectivity index (χ4n) is 2.40. The first kappa shape index (κ1) is 16.3. The second kappa shape index (κ2) is 7.33. The number of hydrogen-bond acceptors (Lipinski definition) is 4. The van der Waals surface area contributed by atoms with Crippen LogP contribution in [0.15, 0.2) is 48.7 Å². The van der Waals surface area contributed by atoms with Crippen LogP contribution in [0.25, 0.3) is 5.65 Å². The van der Waals surface area contributed by atoms with Crippen LogP contribution in [0.4, 0.5) is 5.69 Å². The molecule has 1 aromatic carbocycles. The maximum Gasteiger partial charge on any atom is 0.251 e. The fraction of sp³-hybridized carbons (Fsp3) is 0.176. The van der Waals surface area contributed by atoms with Gasteiger partial charge in [0.05, 0.1) is 18.8 Å². The molecular formula is C17H17ClN4O2. The number of rotatable bonds is 6. The van der Waals surface area contributed by atoms with E-state index in [1.807, 2.05) is 34.9 Å². The number of halogens is 1. The largest absolute Gasteiger partial charge is 0.395 e. The fourth-order valence-corrected chi connectivity index (χ4v) is 2.65. The van der Waals surface area contributed by atoms with Crippen LogP contribution >= 0.6 is 11.6 Å². The molecule has 7 heteroatoms. The molecule has 0 radical (unpaired) electrons. The third-order valence-corrected chi connectivity index (χ3v) is 3.86. The van der Waals surface area contributed by atoms with E-state index < -0.39 is 0 Å². The van der Waals surface area contributed by atoms with E-state index in [2.05, 4.69) is 15.6 Å². The van der Waals surface area contributed by atoms with Crippen molar-refractivity contribution in [1.82, 2.24) is 14.7 Å². The number of carbonyl (C=O) groups excluding carboxylic acids is 1. The minimum atomic E-state index is -0.222. The zero-order valence-electron chi connectivity index (χ0n) is 12.9. The summed E-state index contributed by atoms with van der Waals surface area (Å²) in [5.41, 5.74) is 2.96. The topological polar surface area (TPSA) is 78.7 Å². The molecule has 3 N–H and O–H groups in total. The Labute approximate surface area is 144 Å². The van der Waals surface area contributed by atoms with Crippen molar-refractivity contribution in [3.63, 3.8) is 0 Å². The SMILES string of the molecule is O=C(NCCO)c1cccc(NCc2c(Cl)nc3ccccn23)c1. The number of pyridine rings is 1. The molecule has 0 saturated carbocycles. The van der Waals surface area contributed by atoms with Crippen molar-refractivity contribution in [2.45, 2.75) is 6.54 Å². The number of aliphatic hydroxyl groups is 1. The van der Waals surface area contributed by atoms with Crippen LogP contribution in [0.2, 0.25) is 5.15 Å². The van der Waals surface area contributed by atoms with Crippen LogP contribution in [-0.2, 0) is 6.54 Å². The number of anilines is 1. The Morgan fingerprint density at radius 1 is 1.25 bits per heavy atom. The smallest absolute Gasteiger partial charge is 0.251 e. The van der Waals surface area contributed by atoms with Crippen molar-refractivity contribution in [1.29, 1.82) is 0 Å². The first-order valence-corrected chi connectivity index (χ1v) is 7.91. The molecule has 0 aliphatic rings. The van der Waals surface area contributed by atoms with E-state index in [0.717, 1.165) is 17.0 Å². The summed E-state index contributed by atoms with van der Waals surface area (Å²) in [4.78, 5) is 16.2. The normalized spacial score (nSPS) is 10.8. The zero-order valence-corrected chi connectivity index (χ0v) is 13.6. The van der Waals surface area contributed by atoms with Gasteiger partial charge in [0.15, 0.2) is 5.15 Å². The van der Waals surface area contributed by atoms with Crippen molar-refractivity contribution in [2.75, 3.05) is 18.5 Å². The second-order valence-corrected chi connectivity index (χ2v) is 5.55. The summed E-state index contributed by atoms with van der Waals surface area (Å²) < 4.78 is 1.92. The lowest BCUT2D eigenvalue weighted by Gasteiger charge is -2.09. The number of hydrogen-bond donors (Lipinski definition) is 3. The molecular weight excluding hydrogens is 328 g/mol. The van der Waals surface area contributed by atoms with E-state index in [1.54, 1.807) is 18.2 Å². The van der Waals surface area contributed by atoms with Gasteiger partial charge in [0.1, 0.15) is 5.65 Å². The highest BCUT2D eigenvalue weighted by Gasteiger charge is 2.10. The average Bonchev–Trinajstić information content (AvgIpc) is 2.93. The summed E-state index contributed by atoms with van der Waals surface area (Å²) in [6, 6.07) is 12.9. The standard InChI is InChI=1S/C17H17ClN4O2/c18-16-14(22-8-2-1-6-15(22)21-16)11-20-13-5-3-4-12(10-13)17(24)19-7-9-23/h1-6,8,10,20,23H,7,9,11H2,(H,19,24). The van der Waals surface area contributed by atoms with E-state index in [0.29, 0.717) is 17.3 Å². The molecule has 0 bridgehead atoms. The van der Waals surface area contributed by atoms with Crippen molar-refractivity contribution in [2.24, 2.45) is 0 Å². The molecule has 0 aliphatic carbocycles. The van der Waals surface area contributed by atoms with Crippen LogP contribution in [0.5, 0.6) is 0 Å². The number of amides is 1. The molecule has 0 aliphatic heterocycles. The molecule has 3 aromatic rings. The van der Waals surface area contributed by atoms with E-state index >= 15 is 0 Å². The Kier molecular flexibility index (Phi) is 4.98. The summed E-state index contributed by atoms with van der Waals surface area (Å²) in [5.74, 6) is -0.222. The Morgan fingerprint density at radius 3 is 2.96 bits per heavy atom. The summed E-state index contributed by atoms with van der Waals surface area (Å²) in [6.07, 6.45) is 1.91. The summed E-state index contributed by atoms with van der Waals surface area (Å²) >= 11 is 6.21. The van der Waals surface area contributed by atoms with Crippen LogP contribution in [0.1, 0.15) is 16.1 Å². The third kappa shape index (κ3) is 3.50. The predicted octanol–water partition coefficient (Wildman–Crippen LogP) is 2.32. The Balaban J connectivity index is 1.74. The van der Waals surface area contributed by atoms with Gasteiger partial charge in [0, 0.05) is 24.0 Å². The Morgan fingerprint density at radius 2 is 2.12 bits per heavy atom. The Bertz CT molecular complexity index is 863. The van der Waals surface area contributed by atoms with Gasteiger partial charge >= 0.3 is 0 Å². The number of carbonyl (C=O) groups is 1. The van der Waals surface area contributed by atoms with Crippen molar-refractivity contribution in [3.8, 4) is 0 Å². The van der Waals surface area contributed by atoms with Gasteiger partial charge in [-0.15, -0.1) is 0 Å². The lowest BCUT2D eigenvalue weighted by Crippen LogP contribution is -2.26. The summed E-state index contributed by atoms with van der Waals surface area (Å²) in [7, 11) is 0. The maximum atomic E-state index is 11.9. The molecule has 2 heterocycles. The minimum Gasteiger partial charge on any atom is -0.395 e. The Hall–Kier alpha value is -2.57. The van der Waals surface area contributed by atoms with Gasteiger partial charge in [-0.05, 0) is 30.3 Å². The van der Waals surface area contributed by atoms with Crippen LogP contribution in [-0.4, -0.2) is 33.6 Å². The van der Waals surface area contributed by atoms with Gasteiger partial charge in [-0.1, -0.05) is 23.7 Å². The van der Waals surface area contributed by atoms with Crippen LogP contribution in [0, 0.1) is 0 Å². The van der Waals surface area contributed by atoms with E-state index in [9.17, 15) is 4.79 Å². The lowest BCUT2D eigenvalue weighted by atomic mass is 10.2. The summed E-state index contributed by atoms with van der Waals surface area (Å²) in [6.45, 7) is 0.621. The van der Waals surface area contributed by atoms with Gasteiger partial charge < -0.3 is 20.1 Å². The lowest BCUT2D eigenvalue weighted by molar-refractivity contribution is 0.0945. The average molecular weight is 345 g/mol. The third-order valence-electron chi connectivity index (χ3n) is 3.56. The second-order valence-electron chi connectivity index (χ2n) is 5.19. The highest BCUT2D eigenvalue weighted by Crippen LogP contribution is 2.19. The van der Waals surface area contributed by atoms with Crippen molar-refractivity contribution in [3.05, 3.63) is 65.1 Å². The molecule has 0 saturated heterocycles. The van der Waals surface area contributed by atoms with Crippen LogP contribution in [0.3, 0.4) is 0 Å². The number of nitrogens with one attached hydrogen (secondary N) is 2. The van der Waals surface area contributed by atoms with Crippen molar-refractivity contribution >= 4 is 28.8 Å². The zero-order chi connectivity index (χ0) is 16.9. The van der Waals surface area contributed by atoms with Crippen molar-refractivity contribution < 1.29 is 9.90 Å². The monoisotopic (exact) mass is 344 g/mol. The van der Waals surface area contributed by atoms with E-state index in [-0.39, 0.29) is 19.1 Å². The number of nitrogens with zero attached hydrogens (tertiary/aromatic N) is 2. The summed E-state index contributed by atoms with van der Waals surface area (Å²) in [5, 5.41) is 15.1. The van der Waals surface area contributed by atoms with Crippen LogP contribution < -0.4 is 10.6 Å². The molecule has 124 valence electrons. The molecule has 24 heavy (non-hydrogen) atoms. The molecule has 0 atom stereocenters. The number of aromatic nitrogens is 2. The maximum absolute atomic E-state index is 11.9. The molecule has 6 nitrogen and oxygen atoms in total. The first-order chi connectivity index (χ1) is 11.7. The number of fused-ring (bicyclic) bond motifs is 1. The highest BCUT2D eigenvalue weighted by molar-refractivity contribution is 6.30. The number of benzene rings is 1. The predicted molar refractivity (Wildman–Crippen MR) is 93.4 cm³/mol.